The van der Waals surface area contributed by atoms with Crippen molar-refractivity contribution in [3.63, 3.8) is 0 Å². The molecule has 2 amide bonds. The number of carbonyl (C=O) groups excluding carboxylic acids is 1. The lowest BCUT2D eigenvalue weighted by molar-refractivity contribution is -0.0839. The lowest BCUT2D eigenvalue weighted by atomic mass is 9.78. The van der Waals surface area contributed by atoms with E-state index in [-0.39, 0.29) is 17.6 Å². The predicted octanol–water partition coefficient (Wildman–Crippen LogP) is 3.80. The molecular formula is C19H34N2O2. The van der Waals surface area contributed by atoms with Crippen molar-refractivity contribution < 1.29 is 9.53 Å². The zero-order chi connectivity index (χ0) is 16.4. The van der Waals surface area contributed by atoms with Gasteiger partial charge in [0, 0.05) is 31.7 Å². The Hall–Kier alpha value is -0.770. The molecule has 0 aromatic carbocycles. The van der Waals surface area contributed by atoms with Gasteiger partial charge in [-0.3, -0.25) is 0 Å². The van der Waals surface area contributed by atoms with Crippen molar-refractivity contribution in [3.05, 3.63) is 0 Å². The van der Waals surface area contributed by atoms with Gasteiger partial charge < -0.3 is 15.0 Å². The number of likely N-dealkylation sites (tertiary alicyclic amines) is 1. The molecule has 0 radical (unpaired) electrons. The van der Waals surface area contributed by atoms with Crippen molar-refractivity contribution in [1.29, 1.82) is 0 Å². The second kappa shape index (κ2) is 7.00. The monoisotopic (exact) mass is 322 g/mol. The Morgan fingerprint density at radius 2 is 1.91 bits per heavy atom. The van der Waals surface area contributed by atoms with Crippen molar-refractivity contribution in [3.8, 4) is 0 Å². The highest BCUT2D eigenvalue weighted by Gasteiger charge is 2.39. The second-order valence-corrected chi connectivity index (χ2v) is 8.84. The van der Waals surface area contributed by atoms with Gasteiger partial charge in [-0.2, -0.15) is 0 Å². The number of carbonyl (C=O) groups is 1. The summed E-state index contributed by atoms with van der Waals surface area (Å²) in [4.78, 5) is 14.8. The third-order valence-corrected chi connectivity index (χ3v) is 6.08. The molecule has 3 rings (SSSR count). The van der Waals surface area contributed by atoms with Crippen LogP contribution < -0.4 is 5.32 Å². The molecule has 0 aromatic rings. The summed E-state index contributed by atoms with van der Waals surface area (Å²) in [7, 11) is 0. The number of fused-ring (bicyclic) bond motifs is 1. The topological polar surface area (TPSA) is 41.6 Å². The molecule has 2 saturated heterocycles. The summed E-state index contributed by atoms with van der Waals surface area (Å²) in [5, 5.41) is 3.24. The van der Waals surface area contributed by atoms with E-state index >= 15 is 0 Å². The van der Waals surface area contributed by atoms with E-state index in [2.05, 4.69) is 31.0 Å². The summed E-state index contributed by atoms with van der Waals surface area (Å²) in [5.74, 6) is 1.20. The zero-order valence-corrected chi connectivity index (χ0v) is 15.1. The van der Waals surface area contributed by atoms with Crippen LogP contribution in [-0.4, -0.2) is 42.8 Å². The number of urea groups is 1. The van der Waals surface area contributed by atoms with Crippen LogP contribution in [0.15, 0.2) is 0 Å². The van der Waals surface area contributed by atoms with Crippen LogP contribution in [-0.2, 0) is 4.74 Å². The van der Waals surface area contributed by atoms with Crippen LogP contribution in [0.1, 0.15) is 65.7 Å². The number of nitrogens with one attached hydrogen (secondary N) is 1. The van der Waals surface area contributed by atoms with Crippen LogP contribution in [0.4, 0.5) is 4.79 Å². The lowest BCUT2D eigenvalue weighted by Gasteiger charge is -2.40. The van der Waals surface area contributed by atoms with Crippen molar-refractivity contribution >= 4 is 6.03 Å². The van der Waals surface area contributed by atoms with Crippen LogP contribution in [0.25, 0.3) is 0 Å². The summed E-state index contributed by atoms with van der Waals surface area (Å²) in [6.07, 6.45) is 8.88. The lowest BCUT2D eigenvalue weighted by Crippen LogP contribution is -2.49. The van der Waals surface area contributed by atoms with Crippen molar-refractivity contribution in [1.82, 2.24) is 10.2 Å². The van der Waals surface area contributed by atoms with E-state index in [1.54, 1.807) is 0 Å². The summed E-state index contributed by atoms with van der Waals surface area (Å²) in [6, 6.07) is 0.669. The third kappa shape index (κ3) is 3.84. The predicted molar refractivity (Wildman–Crippen MR) is 92.4 cm³/mol. The van der Waals surface area contributed by atoms with Crippen molar-refractivity contribution in [2.75, 3.05) is 19.7 Å². The molecule has 3 aliphatic rings. The summed E-state index contributed by atoms with van der Waals surface area (Å²) >= 11 is 0. The zero-order valence-electron chi connectivity index (χ0n) is 15.1. The second-order valence-electron chi connectivity index (χ2n) is 8.84. The molecule has 23 heavy (non-hydrogen) atoms. The maximum Gasteiger partial charge on any atom is 0.317 e. The van der Waals surface area contributed by atoms with Crippen LogP contribution in [0, 0.1) is 17.3 Å². The molecule has 4 atom stereocenters. The van der Waals surface area contributed by atoms with Crippen LogP contribution in [0.2, 0.25) is 0 Å². The standard InChI is InChI=1S/C19H34N2O2/c1-19(2,3)17-15(8-6-12-23-17)13-20-18(22)21-11-10-14-7-4-5-9-16(14)21/h14-17H,4-13H2,1-3H3,(H,20,22)/t14-,15-,16+,17-/m1/s1. The Balaban J connectivity index is 1.54. The van der Waals surface area contributed by atoms with E-state index in [4.69, 9.17) is 4.74 Å². The van der Waals surface area contributed by atoms with Gasteiger partial charge in [-0.05, 0) is 43.4 Å². The largest absolute Gasteiger partial charge is 0.377 e. The summed E-state index contributed by atoms with van der Waals surface area (Å²) in [6.45, 7) is 9.29. The average molecular weight is 322 g/mol. The van der Waals surface area contributed by atoms with Crippen LogP contribution in [0.5, 0.6) is 0 Å². The molecule has 2 heterocycles. The first-order valence-electron chi connectivity index (χ1n) is 9.63. The van der Waals surface area contributed by atoms with Crippen LogP contribution >= 0.6 is 0 Å². The maximum absolute atomic E-state index is 12.7. The minimum absolute atomic E-state index is 0.137. The Bertz CT molecular complexity index is 418. The van der Waals surface area contributed by atoms with E-state index in [1.807, 2.05) is 0 Å². The minimum atomic E-state index is 0.137. The minimum Gasteiger partial charge on any atom is -0.377 e. The normalized spacial score (nSPS) is 35.0. The van der Waals surface area contributed by atoms with Gasteiger partial charge in [0.25, 0.3) is 0 Å². The number of hydrogen-bond donors (Lipinski definition) is 1. The summed E-state index contributed by atoms with van der Waals surface area (Å²) < 4.78 is 6.03. The van der Waals surface area contributed by atoms with E-state index in [1.165, 1.54) is 32.1 Å². The molecule has 2 aliphatic heterocycles. The highest BCUT2D eigenvalue weighted by Crippen LogP contribution is 2.36. The Labute approximate surface area is 141 Å². The Morgan fingerprint density at radius 3 is 2.70 bits per heavy atom. The van der Waals surface area contributed by atoms with E-state index in [0.29, 0.717) is 12.0 Å². The highest BCUT2D eigenvalue weighted by atomic mass is 16.5. The highest BCUT2D eigenvalue weighted by molar-refractivity contribution is 5.75. The molecular weight excluding hydrogens is 288 g/mol. The molecule has 1 N–H and O–H groups in total. The van der Waals surface area contributed by atoms with Gasteiger partial charge in [0.2, 0.25) is 0 Å². The van der Waals surface area contributed by atoms with Gasteiger partial charge >= 0.3 is 6.03 Å². The van der Waals surface area contributed by atoms with Gasteiger partial charge in [0.1, 0.15) is 0 Å². The molecule has 0 aromatic heterocycles. The first-order valence-corrected chi connectivity index (χ1v) is 9.63. The fourth-order valence-corrected chi connectivity index (χ4v) is 4.99. The van der Waals surface area contributed by atoms with E-state index in [0.717, 1.165) is 38.5 Å². The maximum atomic E-state index is 12.7. The van der Waals surface area contributed by atoms with Crippen molar-refractivity contribution in [2.24, 2.45) is 17.3 Å². The summed E-state index contributed by atoms with van der Waals surface area (Å²) in [5.41, 5.74) is 0.137. The first-order chi connectivity index (χ1) is 11.0. The smallest absolute Gasteiger partial charge is 0.317 e. The molecule has 132 valence electrons. The van der Waals surface area contributed by atoms with Gasteiger partial charge in [0.15, 0.2) is 0 Å². The van der Waals surface area contributed by atoms with Gasteiger partial charge in [-0.25, -0.2) is 4.79 Å². The fourth-order valence-electron chi connectivity index (χ4n) is 4.99. The number of hydrogen-bond acceptors (Lipinski definition) is 2. The van der Waals surface area contributed by atoms with E-state index in [9.17, 15) is 4.79 Å². The number of amides is 2. The first kappa shape index (κ1) is 17.1. The molecule has 1 saturated carbocycles. The molecule has 4 heteroatoms. The number of rotatable bonds is 2. The molecule has 3 fully saturated rings. The number of nitrogens with zero attached hydrogens (tertiary/aromatic N) is 1. The Morgan fingerprint density at radius 1 is 1.13 bits per heavy atom. The fraction of sp³-hybridized carbons (Fsp3) is 0.947. The Kier molecular flexibility index (Phi) is 5.19. The quantitative estimate of drug-likeness (QED) is 0.840. The van der Waals surface area contributed by atoms with Crippen LogP contribution in [0.3, 0.4) is 0 Å². The average Bonchev–Trinajstić information content (AvgIpc) is 2.96. The SMILES string of the molecule is CC(C)(C)[C@@H]1OCCC[C@@H]1CNC(=O)N1CC[C@H]2CCCC[C@@H]21. The molecule has 4 nitrogen and oxygen atoms in total. The number of ether oxygens (including phenoxy) is 1. The third-order valence-electron chi connectivity index (χ3n) is 6.08. The van der Waals surface area contributed by atoms with E-state index < -0.39 is 0 Å². The molecule has 0 spiro atoms. The van der Waals surface area contributed by atoms with Gasteiger partial charge in [0.05, 0.1) is 6.10 Å². The molecule has 0 bridgehead atoms. The van der Waals surface area contributed by atoms with Gasteiger partial charge in [-0.1, -0.05) is 33.6 Å². The van der Waals surface area contributed by atoms with Crippen molar-refractivity contribution in [2.45, 2.75) is 77.9 Å². The molecule has 0 unspecified atom stereocenters. The molecule has 1 aliphatic carbocycles. The van der Waals surface area contributed by atoms with Gasteiger partial charge in [-0.15, -0.1) is 0 Å².